The van der Waals surface area contributed by atoms with Crippen LogP contribution >= 0.6 is 27.7 Å². The van der Waals surface area contributed by atoms with Crippen LogP contribution in [-0.4, -0.2) is 32.3 Å². The van der Waals surface area contributed by atoms with E-state index in [0.717, 1.165) is 26.9 Å². The average molecular weight is 530 g/mol. The molecule has 0 saturated heterocycles. The Labute approximate surface area is 206 Å². The van der Waals surface area contributed by atoms with Gasteiger partial charge in [0.05, 0.1) is 17.5 Å². The number of rotatable bonds is 8. The van der Waals surface area contributed by atoms with E-state index in [4.69, 9.17) is 0 Å². The molecule has 0 radical (unpaired) electrons. The fraction of sp³-hybridized carbons (Fsp3) is 0.333. The summed E-state index contributed by atoms with van der Waals surface area (Å²) in [5.41, 5.74) is 4.56. The van der Waals surface area contributed by atoms with Gasteiger partial charge in [0.15, 0.2) is 11.0 Å². The molecule has 2 N–H and O–H groups in total. The number of hydrogen-bond acceptors (Lipinski definition) is 5. The van der Waals surface area contributed by atoms with Crippen molar-refractivity contribution in [3.63, 3.8) is 0 Å². The number of aryl methyl sites for hydroxylation is 3. The van der Waals surface area contributed by atoms with Gasteiger partial charge in [-0.05, 0) is 85.4 Å². The molecule has 3 rings (SSSR count). The van der Waals surface area contributed by atoms with Crippen molar-refractivity contribution < 1.29 is 9.59 Å². The van der Waals surface area contributed by atoms with Crippen LogP contribution in [0.1, 0.15) is 52.8 Å². The van der Waals surface area contributed by atoms with Crippen LogP contribution in [0.2, 0.25) is 0 Å². The zero-order chi connectivity index (χ0) is 24.1. The van der Waals surface area contributed by atoms with E-state index < -0.39 is 0 Å². The first kappa shape index (κ1) is 25.0. The maximum absolute atomic E-state index is 12.7. The van der Waals surface area contributed by atoms with Crippen molar-refractivity contribution in [1.29, 1.82) is 0 Å². The smallest absolute Gasteiger partial charge is 0.252 e. The molecule has 0 unspecified atom stereocenters. The van der Waals surface area contributed by atoms with Gasteiger partial charge in [-0.1, -0.05) is 30.0 Å². The molecule has 1 heterocycles. The molecule has 33 heavy (non-hydrogen) atoms. The first-order chi connectivity index (χ1) is 15.7. The van der Waals surface area contributed by atoms with Crippen LogP contribution in [0.15, 0.2) is 46.0 Å². The van der Waals surface area contributed by atoms with E-state index in [9.17, 15) is 9.59 Å². The van der Waals surface area contributed by atoms with Gasteiger partial charge in [0.2, 0.25) is 5.91 Å². The van der Waals surface area contributed by atoms with Crippen molar-refractivity contribution in [3.8, 4) is 0 Å². The molecule has 0 spiro atoms. The molecule has 1 atom stereocenters. The van der Waals surface area contributed by atoms with Crippen molar-refractivity contribution in [1.82, 2.24) is 20.1 Å². The Kier molecular flexibility index (Phi) is 8.31. The second-order valence-electron chi connectivity index (χ2n) is 7.85. The molecule has 2 aromatic carbocycles. The minimum absolute atomic E-state index is 0.128. The second-order valence-corrected chi connectivity index (χ2v) is 9.65. The molecule has 0 aliphatic heterocycles. The Balaban J connectivity index is 1.65. The van der Waals surface area contributed by atoms with Gasteiger partial charge in [-0.3, -0.25) is 9.59 Å². The van der Waals surface area contributed by atoms with Crippen LogP contribution < -0.4 is 10.6 Å². The maximum Gasteiger partial charge on any atom is 0.252 e. The molecule has 2 amide bonds. The summed E-state index contributed by atoms with van der Waals surface area (Å²) in [5.74, 6) is 0.566. The van der Waals surface area contributed by atoms with E-state index in [0.29, 0.717) is 23.1 Å². The van der Waals surface area contributed by atoms with Gasteiger partial charge < -0.3 is 15.2 Å². The molecule has 3 aromatic rings. The Morgan fingerprint density at radius 3 is 2.48 bits per heavy atom. The Bertz CT molecular complexity index is 1180. The van der Waals surface area contributed by atoms with Gasteiger partial charge in [-0.25, -0.2) is 0 Å². The molecule has 0 fully saturated rings. The molecule has 0 aliphatic rings. The monoisotopic (exact) mass is 529 g/mol. The molecule has 0 bridgehead atoms. The van der Waals surface area contributed by atoms with Crippen LogP contribution in [0.25, 0.3) is 0 Å². The lowest BCUT2D eigenvalue weighted by Crippen LogP contribution is -2.29. The van der Waals surface area contributed by atoms with Crippen LogP contribution in [0.3, 0.4) is 0 Å². The number of hydrogen-bond donors (Lipinski definition) is 2. The van der Waals surface area contributed by atoms with Crippen LogP contribution in [0.5, 0.6) is 0 Å². The summed E-state index contributed by atoms with van der Waals surface area (Å²) in [4.78, 5) is 25.2. The Hall–Kier alpha value is -2.65. The number of anilines is 1. The number of carbonyl (C=O) groups excluding carboxylic acids is 2. The van der Waals surface area contributed by atoms with E-state index in [1.54, 1.807) is 6.07 Å². The predicted molar refractivity (Wildman–Crippen MR) is 136 cm³/mol. The highest BCUT2D eigenvalue weighted by Gasteiger charge is 2.21. The molecular formula is C24H28BrN5O2S. The van der Waals surface area contributed by atoms with E-state index in [2.05, 4.69) is 36.8 Å². The van der Waals surface area contributed by atoms with Crippen molar-refractivity contribution in [2.45, 2.75) is 52.4 Å². The third-order valence-electron chi connectivity index (χ3n) is 5.38. The summed E-state index contributed by atoms with van der Waals surface area (Å²) in [5, 5.41) is 15.1. The molecule has 7 nitrogen and oxygen atoms in total. The van der Waals surface area contributed by atoms with Gasteiger partial charge in [-0.15, -0.1) is 10.2 Å². The third-order valence-corrected chi connectivity index (χ3v) is 7.00. The SMILES string of the molecule is CCn1c(SCC(=O)Nc2cc(C)c(C)cc2Br)nnc1[C@H](C)NC(=O)c1ccccc1C. The van der Waals surface area contributed by atoms with E-state index >= 15 is 0 Å². The summed E-state index contributed by atoms with van der Waals surface area (Å²) in [6, 6.07) is 11.1. The summed E-state index contributed by atoms with van der Waals surface area (Å²) in [6.07, 6.45) is 0. The Morgan fingerprint density at radius 1 is 1.09 bits per heavy atom. The number of thioether (sulfide) groups is 1. The number of amides is 2. The molecule has 1 aromatic heterocycles. The standard InChI is InChI=1S/C24H28BrN5O2S/c1-6-30-22(17(5)26-23(32)18-10-8-7-9-14(18)2)28-29-24(30)33-13-21(31)27-20-12-16(4)15(3)11-19(20)25/h7-12,17H,6,13H2,1-5H3,(H,26,32)(H,27,31)/t17-/m0/s1. The normalized spacial score (nSPS) is 11.8. The van der Waals surface area contributed by atoms with Crippen molar-refractivity contribution in [2.75, 3.05) is 11.1 Å². The highest BCUT2D eigenvalue weighted by molar-refractivity contribution is 9.10. The molecule has 0 aliphatic carbocycles. The summed E-state index contributed by atoms with van der Waals surface area (Å²) >= 11 is 4.82. The van der Waals surface area contributed by atoms with E-state index in [1.807, 2.05) is 69.5 Å². The van der Waals surface area contributed by atoms with Gasteiger partial charge >= 0.3 is 0 Å². The zero-order valence-electron chi connectivity index (χ0n) is 19.4. The molecule has 174 valence electrons. The van der Waals surface area contributed by atoms with Gasteiger partial charge in [0.25, 0.3) is 5.91 Å². The zero-order valence-corrected chi connectivity index (χ0v) is 21.8. The number of carbonyl (C=O) groups is 2. The van der Waals surface area contributed by atoms with Gasteiger partial charge in [0.1, 0.15) is 0 Å². The largest absolute Gasteiger partial charge is 0.342 e. The minimum Gasteiger partial charge on any atom is -0.342 e. The molecule has 9 heteroatoms. The third kappa shape index (κ3) is 6.03. The number of benzene rings is 2. The summed E-state index contributed by atoms with van der Waals surface area (Å²) < 4.78 is 2.77. The topological polar surface area (TPSA) is 88.9 Å². The average Bonchev–Trinajstić information content (AvgIpc) is 3.19. The van der Waals surface area contributed by atoms with Crippen LogP contribution in [0, 0.1) is 20.8 Å². The van der Waals surface area contributed by atoms with Crippen LogP contribution in [-0.2, 0) is 11.3 Å². The van der Waals surface area contributed by atoms with E-state index in [-0.39, 0.29) is 23.6 Å². The number of halogens is 1. The van der Waals surface area contributed by atoms with Crippen LogP contribution in [0.4, 0.5) is 5.69 Å². The summed E-state index contributed by atoms with van der Waals surface area (Å²) in [7, 11) is 0. The lowest BCUT2D eigenvalue weighted by molar-refractivity contribution is -0.113. The quantitative estimate of drug-likeness (QED) is 0.391. The lowest BCUT2D eigenvalue weighted by atomic mass is 10.1. The second kappa shape index (κ2) is 11.0. The lowest BCUT2D eigenvalue weighted by Gasteiger charge is -2.16. The van der Waals surface area contributed by atoms with Crippen molar-refractivity contribution in [3.05, 3.63) is 68.9 Å². The maximum atomic E-state index is 12.7. The summed E-state index contributed by atoms with van der Waals surface area (Å²) in [6.45, 7) is 10.4. The fourth-order valence-corrected chi connectivity index (χ4v) is 4.75. The van der Waals surface area contributed by atoms with Gasteiger partial charge in [-0.2, -0.15) is 0 Å². The number of nitrogens with one attached hydrogen (secondary N) is 2. The number of aromatic nitrogens is 3. The van der Waals surface area contributed by atoms with E-state index in [1.165, 1.54) is 11.8 Å². The van der Waals surface area contributed by atoms with Gasteiger partial charge in [0, 0.05) is 16.6 Å². The Morgan fingerprint density at radius 2 is 1.79 bits per heavy atom. The first-order valence-corrected chi connectivity index (χ1v) is 12.5. The number of nitrogens with zero attached hydrogens (tertiary/aromatic N) is 3. The minimum atomic E-state index is -0.334. The predicted octanol–water partition coefficient (Wildman–Crippen LogP) is 5.21. The molecule has 0 saturated carbocycles. The van der Waals surface area contributed by atoms with Crippen molar-refractivity contribution in [2.24, 2.45) is 0 Å². The highest BCUT2D eigenvalue weighted by Crippen LogP contribution is 2.27. The highest BCUT2D eigenvalue weighted by atomic mass is 79.9. The first-order valence-electron chi connectivity index (χ1n) is 10.7. The van der Waals surface area contributed by atoms with Crippen molar-refractivity contribution >= 4 is 45.2 Å². The molecular weight excluding hydrogens is 502 g/mol. The fourth-order valence-electron chi connectivity index (χ4n) is 3.38.